The molecule has 3 atom stereocenters. The average molecular weight is 528 g/mol. The summed E-state index contributed by atoms with van der Waals surface area (Å²) in [6, 6.07) is 10.2. The summed E-state index contributed by atoms with van der Waals surface area (Å²) in [5, 5.41) is 5.78. The normalized spacial score (nSPS) is 29.4. The smallest absolute Gasteiger partial charge is 0.319 e. The molecule has 2 aromatic carbocycles. The van der Waals surface area contributed by atoms with Gasteiger partial charge in [-0.2, -0.15) is 0 Å². The Labute approximate surface area is 224 Å². The summed E-state index contributed by atoms with van der Waals surface area (Å²) in [7, 11) is 3.33. The fourth-order valence-corrected chi connectivity index (χ4v) is 7.14. The van der Waals surface area contributed by atoms with E-state index >= 15 is 0 Å². The standard InChI is InChI=1S/C30H39F2N3O3/c1-19-4-8-23(9-5-19)35-15-14-30(20-6-11-26(37-2)27(16-20)38-3)13-12-22(18-28(30)35)34-29(36)33-21-7-10-24(31)25(32)17-21/h6-7,10-11,16-17,19,22-23,28H,4-5,8-9,12-15,18H2,1-3H3,(H2,33,34,36). The molecule has 3 aliphatic rings. The molecular formula is C30H39F2N3O3. The molecule has 1 saturated heterocycles. The lowest BCUT2D eigenvalue weighted by molar-refractivity contribution is 0.0752. The second-order valence-electron chi connectivity index (χ2n) is 11.3. The molecule has 5 rings (SSSR count). The van der Waals surface area contributed by atoms with Crippen molar-refractivity contribution in [3.63, 3.8) is 0 Å². The van der Waals surface area contributed by atoms with E-state index < -0.39 is 17.7 Å². The number of ether oxygens (including phenoxy) is 2. The van der Waals surface area contributed by atoms with Crippen molar-refractivity contribution in [3.8, 4) is 11.5 Å². The second-order valence-corrected chi connectivity index (χ2v) is 11.3. The van der Waals surface area contributed by atoms with Crippen molar-refractivity contribution in [2.24, 2.45) is 5.92 Å². The summed E-state index contributed by atoms with van der Waals surface area (Å²) < 4.78 is 38.1. The van der Waals surface area contributed by atoms with Gasteiger partial charge in [-0.05, 0) is 93.7 Å². The molecule has 6 nitrogen and oxygen atoms in total. The number of nitrogens with zero attached hydrogens (tertiary/aromatic N) is 1. The number of urea groups is 1. The number of anilines is 1. The first kappa shape index (κ1) is 26.7. The summed E-state index contributed by atoms with van der Waals surface area (Å²) in [6.45, 7) is 3.39. The molecule has 2 aliphatic carbocycles. The van der Waals surface area contributed by atoms with Gasteiger partial charge in [-0.15, -0.1) is 0 Å². The van der Waals surface area contributed by atoms with E-state index in [0.717, 1.165) is 61.8 Å². The summed E-state index contributed by atoms with van der Waals surface area (Å²) in [4.78, 5) is 15.5. The van der Waals surface area contributed by atoms with Gasteiger partial charge in [0.2, 0.25) is 0 Å². The highest BCUT2D eigenvalue weighted by Gasteiger charge is 2.53. The Kier molecular flexibility index (Phi) is 7.80. The van der Waals surface area contributed by atoms with Crippen LogP contribution in [-0.2, 0) is 5.41 Å². The molecule has 2 aromatic rings. The zero-order valence-electron chi connectivity index (χ0n) is 22.6. The van der Waals surface area contributed by atoms with Crippen molar-refractivity contribution in [3.05, 3.63) is 53.6 Å². The molecule has 8 heteroatoms. The van der Waals surface area contributed by atoms with Crippen LogP contribution in [0.15, 0.2) is 36.4 Å². The van der Waals surface area contributed by atoms with Crippen molar-refractivity contribution in [2.45, 2.75) is 81.8 Å². The van der Waals surface area contributed by atoms with Crippen molar-refractivity contribution in [1.82, 2.24) is 10.2 Å². The molecule has 2 saturated carbocycles. The van der Waals surface area contributed by atoms with Gasteiger partial charge in [-0.1, -0.05) is 13.0 Å². The predicted octanol–water partition coefficient (Wildman–Crippen LogP) is 6.25. The highest BCUT2D eigenvalue weighted by Crippen LogP contribution is 2.52. The minimum atomic E-state index is -0.983. The maximum Gasteiger partial charge on any atom is 0.319 e. The van der Waals surface area contributed by atoms with E-state index in [9.17, 15) is 13.6 Å². The molecule has 206 valence electrons. The third-order valence-electron chi connectivity index (χ3n) is 9.23. The summed E-state index contributed by atoms with van der Waals surface area (Å²) >= 11 is 0. The van der Waals surface area contributed by atoms with Gasteiger partial charge in [0.25, 0.3) is 0 Å². The number of hydrogen-bond acceptors (Lipinski definition) is 4. The Morgan fingerprint density at radius 3 is 2.42 bits per heavy atom. The SMILES string of the molecule is COc1ccc(C23CCC(NC(=O)Nc4ccc(F)c(F)c4)CC2N(C2CCC(C)CC2)CC3)cc1OC. The van der Waals surface area contributed by atoms with Gasteiger partial charge < -0.3 is 20.1 Å². The van der Waals surface area contributed by atoms with E-state index in [2.05, 4.69) is 34.6 Å². The van der Waals surface area contributed by atoms with E-state index in [0.29, 0.717) is 12.1 Å². The molecule has 2 N–H and O–H groups in total. The molecule has 0 aromatic heterocycles. The van der Waals surface area contributed by atoms with Crippen LogP contribution in [0.1, 0.15) is 63.9 Å². The maximum atomic E-state index is 13.6. The zero-order chi connectivity index (χ0) is 26.9. The van der Waals surface area contributed by atoms with E-state index in [4.69, 9.17) is 9.47 Å². The van der Waals surface area contributed by atoms with Gasteiger partial charge >= 0.3 is 6.03 Å². The highest BCUT2D eigenvalue weighted by molar-refractivity contribution is 5.89. The van der Waals surface area contributed by atoms with E-state index in [-0.39, 0.29) is 17.1 Å². The number of carbonyl (C=O) groups is 1. The average Bonchev–Trinajstić information content (AvgIpc) is 3.30. The molecule has 38 heavy (non-hydrogen) atoms. The quantitative estimate of drug-likeness (QED) is 0.466. The van der Waals surface area contributed by atoms with Gasteiger partial charge in [-0.3, -0.25) is 4.90 Å². The number of hydrogen-bond donors (Lipinski definition) is 2. The monoisotopic (exact) mass is 527 g/mol. The van der Waals surface area contributed by atoms with Crippen LogP contribution >= 0.6 is 0 Å². The molecule has 1 heterocycles. The van der Waals surface area contributed by atoms with Gasteiger partial charge in [0, 0.05) is 35.3 Å². The van der Waals surface area contributed by atoms with Gasteiger partial charge in [-0.25, -0.2) is 13.6 Å². The molecule has 0 radical (unpaired) electrons. The third-order valence-corrected chi connectivity index (χ3v) is 9.23. The lowest BCUT2D eigenvalue weighted by atomic mass is 9.64. The number of fused-ring (bicyclic) bond motifs is 1. The molecule has 1 aliphatic heterocycles. The predicted molar refractivity (Wildman–Crippen MR) is 144 cm³/mol. The number of benzene rings is 2. The summed E-state index contributed by atoms with van der Waals surface area (Å²) in [6.07, 6.45) is 8.65. The summed E-state index contributed by atoms with van der Waals surface area (Å²) in [5.41, 5.74) is 1.49. The minimum Gasteiger partial charge on any atom is -0.493 e. The minimum absolute atomic E-state index is 0.0123. The van der Waals surface area contributed by atoms with E-state index in [1.165, 1.54) is 37.3 Å². The molecule has 0 spiro atoms. The fraction of sp³-hybridized carbons (Fsp3) is 0.567. The Balaban J connectivity index is 1.37. The molecular weight excluding hydrogens is 488 g/mol. The lowest BCUT2D eigenvalue weighted by Crippen LogP contribution is -2.55. The maximum absolute atomic E-state index is 13.6. The van der Waals surface area contributed by atoms with Crippen LogP contribution in [-0.4, -0.2) is 49.8 Å². The van der Waals surface area contributed by atoms with Crippen molar-refractivity contribution < 1.29 is 23.0 Å². The largest absolute Gasteiger partial charge is 0.493 e. The number of rotatable bonds is 6. The van der Waals surface area contributed by atoms with Crippen LogP contribution in [0, 0.1) is 17.6 Å². The number of methoxy groups -OCH3 is 2. The van der Waals surface area contributed by atoms with Crippen molar-refractivity contribution in [2.75, 3.05) is 26.1 Å². The van der Waals surface area contributed by atoms with Gasteiger partial charge in [0.15, 0.2) is 23.1 Å². The fourth-order valence-electron chi connectivity index (χ4n) is 7.14. The zero-order valence-corrected chi connectivity index (χ0v) is 22.6. The first-order chi connectivity index (χ1) is 18.3. The molecule has 0 bridgehead atoms. The van der Waals surface area contributed by atoms with Crippen LogP contribution in [0.5, 0.6) is 11.5 Å². The Morgan fingerprint density at radius 1 is 0.947 bits per heavy atom. The molecule has 3 fully saturated rings. The van der Waals surface area contributed by atoms with Crippen molar-refractivity contribution in [1.29, 1.82) is 0 Å². The topological polar surface area (TPSA) is 62.8 Å². The van der Waals surface area contributed by atoms with E-state index in [1.54, 1.807) is 14.2 Å². The van der Waals surface area contributed by atoms with Gasteiger partial charge in [0.05, 0.1) is 14.2 Å². The first-order valence-electron chi connectivity index (χ1n) is 13.8. The highest BCUT2D eigenvalue weighted by atomic mass is 19.2. The number of nitrogens with one attached hydrogen (secondary N) is 2. The number of carbonyl (C=O) groups excluding carboxylic acids is 1. The third kappa shape index (κ3) is 5.20. The van der Waals surface area contributed by atoms with Crippen molar-refractivity contribution >= 4 is 11.7 Å². The Bertz CT molecular complexity index is 1150. The van der Waals surface area contributed by atoms with Gasteiger partial charge in [0.1, 0.15) is 0 Å². The Morgan fingerprint density at radius 2 is 1.71 bits per heavy atom. The lowest BCUT2D eigenvalue weighted by Gasteiger charge is -2.48. The number of halogens is 2. The van der Waals surface area contributed by atoms with Crippen LogP contribution in [0.25, 0.3) is 0 Å². The first-order valence-corrected chi connectivity index (χ1v) is 13.8. The molecule has 2 amide bonds. The van der Waals surface area contributed by atoms with Crippen LogP contribution < -0.4 is 20.1 Å². The Hall–Kier alpha value is -2.87. The number of likely N-dealkylation sites (tertiary alicyclic amines) is 1. The number of amides is 2. The van der Waals surface area contributed by atoms with E-state index in [1.807, 2.05) is 6.07 Å². The molecule has 3 unspecified atom stereocenters. The van der Waals surface area contributed by atoms with Crippen LogP contribution in [0.3, 0.4) is 0 Å². The van der Waals surface area contributed by atoms with Crippen LogP contribution in [0.2, 0.25) is 0 Å². The van der Waals surface area contributed by atoms with Crippen LogP contribution in [0.4, 0.5) is 19.3 Å². The second kappa shape index (κ2) is 11.1. The summed E-state index contributed by atoms with van der Waals surface area (Å²) in [5.74, 6) is 0.334.